The number of ether oxygens (including phenoxy) is 4. The minimum Gasteiger partial charge on any atom is -0.468 e. The van der Waals surface area contributed by atoms with Gasteiger partial charge in [0.1, 0.15) is 29.5 Å². The predicted octanol–water partition coefficient (Wildman–Crippen LogP) is 0.315. The van der Waals surface area contributed by atoms with Crippen molar-refractivity contribution in [1.82, 2.24) is 0 Å². The normalized spacial score (nSPS) is 28.2. The lowest BCUT2D eigenvalue weighted by molar-refractivity contribution is -0.164. The number of hydrogen-bond donors (Lipinski definition) is 0. The van der Waals surface area contributed by atoms with Gasteiger partial charge in [-0.1, -0.05) is 6.07 Å². The monoisotopic (exact) mass is 464 g/mol. The third-order valence-electron chi connectivity index (χ3n) is 6.25. The number of carbonyl (C=O) groups is 6. The number of halogens is 1. The van der Waals surface area contributed by atoms with Crippen LogP contribution in [0.4, 0.5) is 4.39 Å². The van der Waals surface area contributed by atoms with Gasteiger partial charge in [0.2, 0.25) is 0 Å². The van der Waals surface area contributed by atoms with E-state index < -0.39 is 76.8 Å². The van der Waals surface area contributed by atoms with Crippen molar-refractivity contribution in [3.05, 3.63) is 35.1 Å². The first kappa shape index (κ1) is 24.0. The molecule has 0 spiro atoms. The van der Waals surface area contributed by atoms with Gasteiger partial charge in [-0.2, -0.15) is 0 Å². The Bertz CT molecular complexity index is 992. The summed E-state index contributed by atoms with van der Waals surface area (Å²) in [5, 5.41) is 0. The first-order valence-electron chi connectivity index (χ1n) is 9.82. The molecule has 176 valence electrons. The average Bonchev–Trinajstić information content (AvgIpc) is 2.97. The molecule has 0 aliphatic heterocycles. The van der Waals surface area contributed by atoms with Crippen LogP contribution in [0, 0.1) is 29.5 Å². The maximum absolute atomic E-state index is 14.4. The lowest BCUT2D eigenvalue weighted by Crippen LogP contribution is -2.51. The maximum atomic E-state index is 14.4. The van der Waals surface area contributed by atoms with Crippen molar-refractivity contribution in [2.75, 3.05) is 28.4 Å². The van der Waals surface area contributed by atoms with Crippen molar-refractivity contribution in [1.29, 1.82) is 0 Å². The summed E-state index contributed by atoms with van der Waals surface area (Å²) in [6.07, 6.45) is 0. The number of methoxy groups -OCH3 is 4. The van der Waals surface area contributed by atoms with Crippen LogP contribution in [0.3, 0.4) is 0 Å². The van der Waals surface area contributed by atoms with Gasteiger partial charge in [-0.15, -0.1) is 0 Å². The highest BCUT2D eigenvalue weighted by Crippen LogP contribution is 2.53. The van der Waals surface area contributed by atoms with E-state index in [1.54, 1.807) is 0 Å². The maximum Gasteiger partial charge on any atom is 0.316 e. The average molecular weight is 464 g/mol. The van der Waals surface area contributed by atoms with E-state index in [4.69, 9.17) is 18.9 Å². The summed E-state index contributed by atoms with van der Waals surface area (Å²) in [7, 11) is 3.94. The van der Waals surface area contributed by atoms with Gasteiger partial charge in [0.05, 0.1) is 28.4 Å². The standard InChI is InChI=1S/C22H21FO10/c1-30-19(26)13-11-9-6-5-8(23)7-10(9)12(15(17(13)24)21(28)32-3)16(22(29)33-4)18(25)14(11)20(27)31-2/h5-7,11-16H,1-4H3. The van der Waals surface area contributed by atoms with E-state index in [0.29, 0.717) is 0 Å². The third kappa shape index (κ3) is 3.66. The number of rotatable bonds is 4. The van der Waals surface area contributed by atoms with Gasteiger partial charge in [0.15, 0.2) is 11.6 Å². The first-order valence-corrected chi connectivity index (χ1v) is 9.82. The molecular weight excluding hydrogens is 443 g/mol. The summed E-state index contributed by atoms with van der Waals surface area (Å²) >= 11 is 0. The summed E-state index contributed by atoms with van der Waals surface area (Å²) in [6, 6.07) is 3.17. The fourth-order valence-electron chi connectivity index (χ4n) is 4.89. The quantitative estimate of drug-likeness (QED) is 0.348. The zero-order chi connectivity index (χ0) is 24.6. The van der Waals surface area contributed by atoms with Gasteiger partial charge in [-0.3, -0.25) is 28.8 Å². The smallest absolute Gasteiger partial charge is 0.316 e. The Morgan fingerprint density at radius 1 is 0.636 bits per heavy atom. The molecule has 0 aromatic heterocycles. The largest absolute Gasteiger partial charge is 0.468 e. The molecule has 2 aliphatic rings. The molecule has 2 bridgehead atoms. The molecule has 1 aromatic carbocycles. The lowest BCUT2D eigenvalue weighted by Gasteiger charge is -2.34. The SMILES string of the molecule is COC(=O)C1C(=O)C(C(=O)OC)C2c3cc(F)ccc3C1C(C(=O)OC)C(=O)C2C(=O)OC. The molecule has 4 unspecified atom stereocenters. The molecule has 2 aliphatic carbocycles. The van der Waals surface area contributed by atoms with E-state index >= 15 is 0 Å². The molecule has 1 aromatic rings. The zero-order valence-electron chi connectivity index (χ0n) is 18.2. The molecule has 0 N–H and O–H groups in total. The highest BCUT2D eigenvalue weighted by atomic mass is 19.1. The van der Waals surface area contributed by atoms with Crippen molar-refractivity contribution in [2.45, 2.75) is 11.8 Å². The fraction of sp³-hybridized carbons (Fsp3) is 0.455. The van der Waals surface area contributed by atoms with Crippen molar-refractivity contribution in [2.24, 2.45) is 23.7 Å². The van der Waals surface area contributed by atoms with E-state index in [9.17, 15) is 33.2 Å². The second-order valence-electron chi connectivity index (χ2n) is 7.63. The van der Waals surface area contributed by atoms with Crippen LogP contribution in [0.2, 0.25) is 0 Å². The van der Waals surface area contributed by atoms with E-state index in [2.05, 4.69) is 0 Å². The third-order valence-corrected chi connectivity index (χ3v) is 6.25. The highest BCUT2D eigenvalue weighted by Gasteiger charge is 2.63. The summed E-state index contributed by atoms with van der Waals surface area (Å²) in [5.41, 5.74) is -0.00277. The second kappa shape index (κ2) is 9.08. The molecular formula is C22H21FO10. The van der Waals surface area contributed by atoms with Crippen LogP contribution >= 0.6 is 0 Å². The topological polar surface area (TPSA) is 139 Å². The second-order valence-corrected chi connectivity index (χ2v) is 7.63. The van der Waals surface area contributed by atoms with Crippen molar-refractivity contribution >= 4 is 35.4 Å². The molecule has 0 radical (unpaired) electrons. The van der Waals surface area contributed by atoms with E-state index in [1.165, 1.54) is 6.07 Å². The molecule has 4 atom stereocenters. The van der Waals surface area contributed by atoms with Gasteiger partial charge < -0.3 is 18.9 Å². The van der Waals surface area contributed by atoms with E-state index in [1.807, 2.05) is 0 Å². The fourth-order valence-corrected chi connectivity index (χ4v) is 4.89. The van der Waals surface area contributed by atoms with Crippen LogP contribution in [0.5, 0.6) is 0 Å². The van der Waals surface area contributed by atoms with Gasteiger partial charge in [-0.25, -0.2) is 4.39 Å². The number of ketones is 2. The molecule has 0 saturated carbocycles. The summed E-state index contributed by atoms with van der Waals surface area (Å²) in [5.74, 6) is -17.8. The minimum absolute atomic E-state index is 0.0618. The van der Waals surface area contributed by atoms with Crippen LogP contribution in [-0.2, 0) is 47.7 Å². The molecule has 11 heteroatoms. The van der Waals surface area contributed by atoms with Crippen LogP contribution in [0.1, 0.15) is 23.0 Å². The van der Waals surface area contributed by atoms with E-state index in [0.717, 1.165) is 40.6 Å². The highest BCUT2D eigenvalue weighted by molar-refractivity contribution is 6.17. The lowest BCUT2D eigenvalue weighted by atomic mass is 9.66. The first-order chi connectivity index (χ1) is 15.6. The van der Waals surface area contributed by atoms with Gasteiger partial charge in [0.25, 0.3) is 0 Å². The summed E-state index contributed by atoms with van der Waals surface area (Å²) < 4.78 is 33.4. The van der Waals surface area contributed by atoms with Crippen LogP contribution in [0.15, 0.2) is 18.2 Å². The Kier molecular flexibility index (Phi) is 6.61. The van der Waals surface area contributed by atoms with Gasteiger partial charge in [-0.05, 0) is 23.3 Å². The number of benzene rings is 1. The number of carbonyl (C=O) groups excluding carboxylic acids is 6. The zero-order valence-corrected chi connectivity index (χ0v) is 18.2. The Morgan fingerprint density at radius 2 is 0.970 bits per heavy atom. The van der Waals surface area contributed by atoms with Crippen molar-refractivity contribution in [3.63, 3.8) is 0 Å². The summed E-state index contributed by atoms with van der Waals surface area (Å²) in [6.45, 7) is 0. The molecule has 0 amide bonds. The Labute approximate surface area is 187 Å². The predicted molar refractivity (Wildman–Crippen MR) is 104 cm³/mol. The molecule has 3 rings (SSSR count). The molecule has 10 nitrogen and oxygen atoms in total. The van der Waals surface area contributed by atoms with Crippen LogP contribution in [-0.4, -0.2) is 63.9 Å². The molecule has 0 fully saturated rings. The van der Waals surface area contributed by atoms with Gasteiger partial charge in [0, 0.05) is 11.8 Å². The number of Topliss-reactive ketones (excluding diaryl/α,β-unsaturated/α-hetero) is 2. The molecule has 0 heterocycles. The Morgan fingerprint density at radius 3 is 1.30 bits per heavy atom. The van der Waals surface area contributed by atoms with Crippen LogP contribution in [0.25, 0.3) is 0 Å². The molecule has 0 saturated heterocycles. The van der Waals surface area contributed by atoms with E-state index in [-0.39, 0.29) is 11.1 Å². The number of hydrogen-bond acceptors (Lipinski definition) is 10. The number of esters is 4. The van der Waals surface area contributed by atoms with Crippen LogP contribution < -0.4 is 0 Å². The van der Waals surface area contributed by atoms with Crippen molar-refractivity contribution < 1.29 is 52.1 Å². The molecule has 33 heavy (non-hydrogen) atoms. The van der Waals surface area contributed by atoms with Crippen molar-refractivity contribution in [3.8, 4) is 0 Å². The van der Waals surface area contributed by atoms with Gasteiger partial charge >= 0.3 is 23.9 Å². The Balaban J connectivity index is 2.50. The Hall–Kier alpha value is -3.63. The summed E-state index contributed by atoms with van der Waals surface area (Å²) in [4.78, 5) is 78.3. The minimum atomic E-state index is -1.85.